The summed E-state index contributed by atoms with van der Waals surface area (Å²) in [4.78, 5) is 11.0. The summed E-state index contributed by atoms with van der Waals surface area (Å²) in [6.45, 7) is 4.27. The molecule has 29 heavy (non-hydrogen) atoms. The lowest BCUT2D eigenvalue weighted by Gasteiger charge is -2.23. The number of benzene rings is 2. The smallest absolute Gasteiger partial charge is 0.341 e. The van der Waals surface area contributed by atoms with Crippen molar-refractivity contribution in [2.45, 2.75) is 19.9 Å². The monoisotopic (exact) mass is 399 g/mol. The fraction of sp³-hybridized carbons (Fsp3) is 0.333. The number of carbonyl (C=O) groups is 1. The molecular formula is C21H25N3O5. The summed E-state index contributed by atoms with van der Waals surface area (Å²) in [6.07, 6.45) is 0. The van der Waals surface area contributed by atoms with Gasteiger partial charge in [0, 0.05) is 23.9 Å². The first-order chi connectivity index (χ1) is 14.0. The van der Waals surface area contributed by atoms with Crippen molar-refractivity contribution in [1.29, 1.82) is 5.26 Å². The van der Waals surface area contributed by atoms with Gasteiger partial charge in [0.25, 0.3) is 0 Å². The van der Waals surface area contributed by atoms with Crippen molar-refractivity contribution in [2.75, 3.05) is 31.7 Å². The molecule has 0 saturated carbocycles. The number of aliphatic carboxylic acids is 1. The van der Waals surface area contributed by atoms with Crippen LogP contribution in [0, 0.1) is 11.3 Å². The first kappa shape index (κ1) is 21.9. The number of carboxylic acid groups (broad SMARTS) is 1. The molecule has 0 aliphatic heterocycles. The number of nitrogens with one attached hydrogen (secondary N) is 1. The molecule has 1 unspecified atom stereocenters. The maximum Gasteiger partial charge on any atom is 0.341 e. The van der Waals surface area contributed by atoms with Crippen molar-refractivity contribution in [3.8, 4) is 23.3 Å². The Balaban J connectivity index is 2.43. The Hall–Kier alpha value is -3.44. The van der Waals surface area contributed by atoms with Crippen molar-refractivity contribution in [3.63, 3.8) is 0 Å². The van der Waals surface area contributed by atoms with Gasteiger partial charge in [0.2, 0.25) is 0 Å². The highest BCUT2D eigenvalue weighted by atomic mass is 16.5. The average Bonchev–Trinajstić information content (AvgIpc) is 2.72. The zero-order chi connectivity index (χ0) is 21.2. The normalized spacial score (nSPS) is 11.2. The van der Waals surface area contributed by atoms with Crippen molar-refractivity contribution in [1.82, 2.24) is 0 Å². The first-order valence-corrected chi connectivity index (χ1v) is 9.27. The van der Waals surface area contributed by atoms with Crippen molar-refractivity contribution < 1.29 is 24.1 Å². The minimum atomic E-state index is -1.09. The Morgan fingerprint density at radius 3 is 2.24 bits per heavy atom. The maximum atomic E-state index is 11.0. The quantitative estimate of drug-likeness (QED) is 0.526. The number of rotatable bonds is 11. The lowest BCUT2D eigenvalue weighted by atomic mass is 10.0. The van der Waals surface area contributed by atoms with Crippen LogP contribution < -0.4 is 25.3 Å². The van der Waals surface area contributed by atoms with E-state index in [1.165, 1.54) is 0 Å². The summed E-state index contributed by atoms with van der Waals surface area (Å²) in [7, 11) is 0. The van der Waals surface area contributed by atoms with Crippen LogP contribution in [0.3, 0.4) is 0 Å². The van der Waals surface area contributed by atoms with Gasteiger partial charge in [-0.3, -0.25) is 0 Å². The van der Waals surface area contributed by atoms with Crippen molar-refractivity contribution >= 4 is 11.7 Å². The molecule has 154 valence electrons. The van der Waals surface area contributed by atoms with E-state index in [4.69, 9.17) is 30.3 Å². The van der Waals surface area contributed by atoms with Gasteiger partial charge in [-0.1, -0.05) is 0 Å². The minimum Gasteiger partial charge on any atom is -0.490 e. The predicted molar refractivity (Wildman–Crippen MR) is 108 cm³/mol. The summed E-state index contributed by atoms with van der Waals surface area (Å²) in [5.41, 5.74) is 7.95. The van der Waals surface area contributed by atoms with Gasteiger partial charge < -0.3 is 30.4 Å². The third-order valence-electron chi connectivity index (χ3n) is 3.99. The fourth-order valence-corrected chi connectivity index (χ4v) is 2.74. The summed E-state index contributed by atoms with van der Waals surface area (Å²) in [5, 5.41) is 21.2. The zero-order valence-electron chi connectivity index (χ0n) is 16.5. The Morgan fingerprint density at radius 1 is 1.10 bits per heavy atom. The first-order valence-electron chi connectivity index (χ1n) is 9.27. The molecule has 0 aliphatic carbocycles. The van der Waals surface area contributed by atoms with Gasteiger partial charge >= 0.3 is 5.97 Å². The Bertz CT molecular complexity index is 862. The minimum absolute atomic E-state index is 0.211. The standard InChI is InChI=1S/C21H25N3O5/c1-3-27-19-9-16(18(29-13-21(25)26)10-20(19)28-4-2)17(12-23)24-15-7-5-14(11-22)6-8-15/h5-10,17,24H,3-4,12-13,23H2,1-2H3,(H,25,26). The Morgan fingerprint density at radius 2 is 1.72 bits per heavy atom. The largest absolute Gasteiger partial charge is 0.490 e. The van der Waals surface area contributed by atoms with E-state index in [2.05, 4.69) is 11.4 Å². The molecule has 0 heterocycles. The maximum absolute atomic E-state index is 11.0. The topological polar surface area (TPSA) is 127 Å². The summed E-state index contributed by atoms with van der Waals surface area (Å²) in [6, 6.07) is 12.0. The molecule has 8 nitrogen and oxygen atoms in total. The molecule has 2 aromatic rings. The van der Waals surface area contributed by atoms with Crippen LogP contribution in [-0.4, -0.2) is 37.4 Å². The van der Waals surface area contributed by atoms with Crippen LogP contribution in [0.2, 0.25) is 0 Å². The van der Waals surface area contributed by atoms with E-state index in [-0.39, 0.29) is 12.6 Å². The van der Waals surface area contributed by atoms with E-state index in [1.54, 1.807) is 36.4 Å². The Labute approximate surface area is 169 Å². The van der Waals surface area contributed by atoms with E-state index in [9.17, 15) is 4.79 Å². The lowest BCUT2D eigenvalue weighted by molar-refractivity contribution is -0.139. The summed E-state index contributed by atoms with van der Waals surface area (Å²) in [5.74, 6) is 0.239. The van der Waals surface area contributed by atoms with Gasteiger partial charge in [0.1, 0.15) is 5.75 Å². The second-order valence-corrected chi connectivity index (χ2v) is 6.01. The Kier molecular flexibility index (Phi) is 8.12. The molecule has 0 saturated heterocycles. The second-order valence-electron chi connectivity index (χ2n) is 6.01. The molecule has 0 spiro atoms. The highest BCUT2D eigenvalue weighted by Crippen LogP contribution is 2.39. The molecule has 2 rings (SSSR count). The van der Waals surface area contributed by atoms with Gasteiger partial charge in [-0.2, -0.15) is 5.26 Å². The van der Waals surface area contributed by atoms with Gasteiger partial charge in [-0.15, -0.1) is 0 Å². The van der Waals surface area contributed by atoms with E-state index >= 15 is 0 Å². The number of nitrogens with zero attached hydrogens (tertiary/aromatic N) is 1. The molecule has 0 aliphatic rings. The molecule has 0 aromatic heterocycles. The third-order valence-corrected chi connectivity index (χ3v) is 3.99. The number of carboxylic acids is 1. The van der Waals surface area contributed by atoms with Crippen LogP contribution in [-0.2, 0) is 4.79 Å². The van der Waals surface area contributed by atoms with Gasteiger partial charge in [0.05, 0.1) is 30.9 Å². The van der Waals surface area contributed by atoms with Crippen LogP contribution in [0.4, 0.5) is 5.69 Å². The molecule has 0 fully saturated rings. The molecule has 8 heteroatoms. The molecule has 0 bridgehead atoms. The molecule has 4 N–H and O–H groups in total. The third kappa shape index (κ3) is 6.02. The average molecular weight is 399 g/mol. The number of nitrogens with two attached hydrogens (primary N) is 1. The van der Waals surface area contributed by atoms with E-state index in [1.807, 2.05) is 13.8 Å². The van der Waals surface area contributed by atoms with Crippen LogP contribution >= 0.6 is 0 Å². The second kappa shape index (κ2) is 10.8. The SMILES string of the molecule is CCOc1cc(OCC(=O)O)c(C(CN)Nc2ccc(C#N)cc2)cc1OCC. The molecule has 1 atom stereocenters. The number of hydrogen-bond donors (Lipinski definition) is 3. The summed E-state index contributed by atoms with van der Waals surface area (Å²) >= 11 is 0. The van der Waals surface area contributed by atoms with E-state index in [0.717, 1.165) is 5.69 Å². The molecular weight excluding hydrogens is 374 g/mol. The molecule has 2 aromatic carbocycles. The number of anilines is 1. The van der Waals surface area contributed by atoms with Crippen LogP contribution in [0.15, 0.2) is 36.4 Å². The molecule has 0 radical (unpaired) electrons. The van der Waals surface area contributed by atoms with E-state index in [0.29, 0.717) is 41.6 Å². The van der Waals surface area contributed by atoms with Crippen LogP contribution in [0.5, 0.6) is 17.2 Å². The number of ether oxygens (including phenoxy) is 3. The van der Waals surface area contributed by atoms with Crippen LogP contribution in [0.25, 0.3) is 0 Å². The van der Waals surface area contributed by atoms with Gasteiger partial charge in [-0.05, 0) is 44.2 Å². The number of nitriles is 1. The highest BCUT2D eigenvalue weighted by molar-refractivity contribution is 5.68. The highest BCUT2D eigenvalue weighted by Gasteiger charge is 2.21. The zero-order valence-corrected chi connectivity index (χ0v) is 16.5. The van der Waals surface area contributed by atoms with Crippen molar-refractivity contribution in [3.05, 3.63) is 47.5 Å². The van der Waals surface area contributed by atoms with Gasteiger partial charge in [-0.25, -0.2) is 4.79 Å². The lowest BCUT2D eigenvalue weighted by Crippen LogP contribution is -2.22. The van der Waals surface area contributed by atoms with Gasteiger partial charge in [0.15, 0.2) is 18.1 Å². The number of hydrogen-bond acceptors (Lipinski definition) is 7. The fourth-order valence-electron chi connectivity index (χ4n) is 2.74. The molecule has 0 amide bonds. The van der Waals surface area contributed by atoms with Crippen molar-refractivity contribution in [2.24, 2.45) is 5.73 Å². The predicted octanol–water partition coefficient (Wildman–Crippen LogP) is 2.93. The van der Waals surface area contributed by atoms with E-state index < -0.39 is 12.6 Å². The summed E-state index contributed by atoms with van der Waals surface area (Å²) < 4.78 is 16.8. The van der Waals surface area contributed by atoms with Crippen LogP contribution in [0.1, 0.15) is 31.0 Å².